The highest BCUT2D eigenvalue weighted by Crippen LogP contribution is 2.37. The van der Waals surface area contributed by atoms with Crippen LogP contribution in [0.1, 0.15) is 24.3 Å². The summed E-state index contributed by atoms with van der Waals surface area (Å²) >= 11 is 6.62. The first kappa shape index (κ1) is 19.1. The third-order valence-corrected chi connectivity index (χ3v) is 5.40. The first-order valence-corrected chi connectivity index (χ1v) is 9.43. The molecule has 0 unspecified atom stereocenters. The van der Waals surface area contributed by atoms with Crippen LogP contribution in [0.4, 0.5) is 4.39 Å². The highest BCUT2D eigenvalue weighted by molar-refractivity contribution is 6.34. The second-order valence-electron chi connectivity index (χ2n) is 6.81. The van der Waals surface area contributed by atoms with Crippen LogP contribution in [0.25, 0.3) is 16.8 Å². The summed E-state index contributed by atoms with van der Waals surface area (Å²) in [5.41, 5.74) is 2.36. The van der Waals surface area contributed by atoms with E-state index in [1.165, 1.54) is 16.8 Å². The van der Waals surface area contributed by atoms with Gasteiger partial charge in [-0.1, -0.05) is 41.9 Å². The third kappa shape index (κ3) is 3.71. The van der Waals surface area contributed by atoms with Gasteiger partial charge in [-0.15, -0.1) is 0 Å². The number of carbonyl (C=O) groups is 2. The average Bonchev–Trinajstić information content (AvgIpc) is 2.69. The van der Waals surface area contributed by atoms with Gasteiger partial charge >= 0.3 is 0 Å². The van der Waals surface area contributed by atoms with Crippen molar-refractivity contribution in [3.05, 3.63) is 87.6 Å². The van der Waals surface area contributed by atoms with Gasteiger partial charge in [0.15, 0.2) is 0 Å². The summed E-state index contributed by atoms with van der Waals surface area (Å²) in [5, 5.41) is 2.81. The van der Waals surface area contributed by atoms with E-state index in [9.17, 15) is 18.8 Å². The summed E-state index contributed by atoms with van der Waals surface area (Å²) in [6, 6.07) is 14.7. The topological polar surface area (TPSA) is 68.2 Å². The number of pyridine rings is 1. The maximum absolute atomic E-state index is 13.2. The van der Waals surface area contributed by atoms with Crippen molar-refractivity contribution in [2.75, 3.05) is 0 Å². The predicted octanol–water partition coefficient (Wildman–Crippen LogP) is 3.82. The Hall–Kier alpha value is -3.25. The van der Waals surface area contributed by atoms with Gasteiger partial charge in [0.1, 0.15) is 5.82 Å². The van der Waals surface area contributed by atoms with Crippen LogP contribution in [0.3, 0.4) is 0 Å². The normalized spacial score (nSPS) is 16.6. The highest BCUT2D eigenvalue weighted by Gasteiger charge is 2.30. The number of hydrogen-bond acceptors (Lipinski definition) is 3. The predicted molar refractivity (Wildman–Crippen MR) is 108 cm³/mol. The molecule has 7 heteroatoms. The van der Waals surface area contributed by atoms with Gasteiger partial charge < -0.3 is 0 Å². The van der Waals surface area contributed by atoms with E-state index in [2.05, 4.69) is 5.32 Å². The van der Waals surface area contributed by atoms with Gasteiger partial charge in [0, 0.05) is 29.9 Å². The van der Waals surface area contributed by atoms with Gasteiger partial charge in [-0.2, -0.15) is 0 Å². The molecule has 0 bridgehead atoms. The van der Waals surface area contributed by atoms with Gasteiger partial charge in [0.05, 0.1) is 10.9 Å². The summed E-state index contributed by atoms with van der Waals surface area (Å²) in [6.07, 6.45) is 2.07. The monoisotopic (exact) mass is 410 g/mol. The minimum absolute atomic E-state index is 0.273. The van der Waals surface area contributed by atoms with Crippen LogP contribution in [-0.2, 0) is 9.59 Å². The van der Waals surface area contributed by atoms with E-state index in [-0.39, 0.29) is 18.2 Å². The molecule has 5 nitrogen and oxygen atoms in total. The number of imide groups is 1. The Bertz CT molecular complexity index is 1170. The molecule has 1 aliphatic heterocycles. The summed E-state index contributed by atoms with van der Waals surface area (Å²) in [7, 11) is 0. The van der Waals surface area contributed by atoms with Gasteiger partial charge in [0.2, 0.25) is 11.8 Å². The lowest BCUT2D eigenvalue weighted by atomic mass is 9.88. The first-order chi connectivity index (χ1) is 13.9. The maximum atomic E-state index is 13.2. The summed E-state index contributed by atoms with van der Waals surface area (Å²) in [4.78, 5) is 35.6. The fraction of sp³-hybridized carbons (Fsp3) is 0.136. The number of benzene rings is 2. The number of nitrogens with zero attached hydrogens (tertiary/aromatic N) is 1. The van der Waals surface area contributed by atoms with E-state index in [1.54, 1.807) is 30.3 Å². The van der Waals surface area contributed by atoms with Crippen molar-refractivity contribution < 1.29 is 14.0 Å². The largest absolute Gasteiger partial charge is 0.296 e. The molecular weight excluding hydrogens is 395 g/mol. The van der Waals surface area contributed by atoms with Crippen molar-refractivity contribution in [2.45, 2.75) is 18.8 Å². The molecule has 3 aromatic rings. The zero-order valence-corrected chi connectivity index (χ0v) is 15.9. The molecule has 0 aliphatic carbocycles. The lowest BCUT2D eigenvalue weighted by molar-refractivity contribution is -0.134. The molecule has 29 heavy (non-hydrogen) atoms. The summed E-state index contributed by atoms with van der Waals surface area (Å²) in [5.74, 6) is -1.67. The Morgan fingerprint density at radius 2 is 1.79 bits per heavy atom. The van der Waals surface area contributed by atoms with Crippen molar-refractivity contribution in [2.24, 2.45) is 0 Å². The molecule has 1 atom stereocenters. The Morgan fingerprint density at radius 3 is 2.48 bits per heavy atom. The molecule has 2 aromatic carbocycles. The molecule has 2 amide bonds. The number of halogens is 2. The SMILES string of the molecule is O=C1CC[C@H](c2cccc(-c3ccc(-n4ccc(F)cc4=O)cc3)c2Cl)C(=O)N1. The maximum Gasteiger partial charge on any atom is 0.257 e. The van der Waals surface area contributed by atoms with Crippen LogP contribution in [-0.4, -0.2) is 16.4 Å². The Morgan fingerprint density at radius 1 is 1.03 bits per heavy atom. The van der Waals surface area contributed by atoms with Gasteiger partial charge in [-0.3, -0.25) is 24.3 Å². The van der Waals surface area contributed by atoms with Crippen molar-refractivity contribution in [3.8, 4) is 16.8 Å². The van der Waals surface area contributed by atoms with Crippen LogP contribution < -0.4 is 10.9 Å². The van der Waals surface area contributed by atoms with E-state index >= 15 is 0 Å². The fourth-order valence-electron chi connectivity index (χ4n) is 3.50. The zero-order valence-electron chi connectivity index (χ0n) is 15.2. The summed E-state index contributed by atoms with van der Waals surface area (Å²) < 4.78 is 14.5. The zero-order chi connectivity index (χ0) is 20.5. The van der Waals surface area contributed by atoms with Gasteiger partial charge in [-0.05, 0) is 35.7 Å². The molecule has 1 aliphatic rings. The molecule has 1 N–H and O–H groups in total. The van der Waals surface area contributed by atoms with Crippen LogP contribution in [0.2, 0.25) is 5.02 Å². The number of hydrogen-bond donors (Lipinski definition) is 1. The second-order valence-corrected chi connectivity index (χ2v) is 7.19. The van der Waals surface area contributed by atoms with E-state index < -0.39 is 17.3 Å². The fourth-order valence-corrected chi connectivity index (χ4v) is 3.87. The molecule has 2 heterocycles. The van der Waals surface area contributed by atoms with Crippen LogP contribution in [0.5, 0.6) is 0 Å². The quantitative estimate of drug-likeness (QED) is 0.667. The second kappa shape index (κ2) is 7.64. The number of aromatic nitrogens is 1. The molecular formula is C22H16ClFN2O3. The molecule has 1 saturated heterocycles. The average molecular weight is 411 g/mol. The lowest BCUT2D eigenvalue weighted by Gasteiger charge is -2.23. The molecule has 0 radical (unpaired) electrons. The van der Waals surface area contributed by atoms with E-state index in [0.717, 1.165) is 17.2 Å². The van der Waals surface area contributed by atoms with E-state index in [0.29, 0.717) is 22.7 Å². The smallest absolute Gasteiger partial charge is 0.257 e. The van der Waals surface area contributed by atoms with Crippen LogP contribution in [0, 0.1) is 5.82 Å². The molecule has 1 aromatic heterocycles. The Balaban J connectivity index is 1.68. The minimum atomic E-state index is -0.583. The van der Waals surface area contributed by atoms with Crippen molar-refractivity contribution in [1.29, 1.82) is 0 Å². The number of nitrogens with one attached hydrogen (secondary N) is 1. The van der Waals surface area contributed by atoms with Gasteiger partial charge in [0.25, 0.3) is 5.56 Å². The highest BCUT2D eigenvalue weighted by atomic mass is 35.5. The lowest BCUT2D eigenvalue weighted by Crippen LogP contribution is -2.39. The van der Waals surface area contributed by atoms with Crippen molar-refractivity contribution in [3.63, 3.8) is 0 Å². The first-order valence-electron chi connectivity index (χ1n) is 9.05. The van der Waals surface area contributed by atoms with Crippen molar-refractivity contribution >= 4 is 23.4 Å². The Kier molecular flexibility index (Phi) is 5.03. The molecule has 1 fully saturated rings. The Labute approximate surface area is 170 Å². The number of rotatable bonds is 3. The molecule has 146 valence electrons. The number of carbonyl (C=O) groups excluding carboxylic acids is 2. The summed E-state index contributed by atoms with van der Waals surface area (Å²) in [6.45, 7) is 0. The van der Waals surface area contributed by atoms with Crippen LogP contribution >= 0.6 is 11.6 Å². The standard InChI is InChI=1S/C22H16ClFN2O3/c23-21-16(2-1-3-17(21)18-8-9-19(27)25-22(18)29)13-4-6-15(7-5-13)26-11-10-14(24)12-20(26)28/h1-7,10-12,18H,8-9H2,(H,25,27,29)/t18-/m1/s1. The van der Waals surface area contributed by atoms with Crippen molar-refractivity contribution in [1.82, 2.24) is 9.88 Å². The molecule has 0 spiro atoms. The van der Waals surface area contributed by atoms with Crippen LogP contribution in [0.15, 0.2) is 65.6 Å². The minimum Gasteiger partial charge on any atom is -0.296 e. The third-order valence-electron chi connectivity index (χ3n) is 4.98. The van der Waals surface area contributed by atoms with Gasteiger partial charge in [-0.25, -0.2) is 4.39 Å². The number of piperidine rings is 1. The molecule has 4 rings (SSSR count). The van der Waals surface area contributed by atoms with E-state index in [4.69, 9.17) is 11.6 Å². The number of amides is 2. The molecule has 0 saturated carbocycles. The van der Waals surface area contributed by atoms with E-state index in [1.807, 2.05) is 12.1 Å².